The van der Waals surface area contributed by atoms with Gasteiger partial charge in [-0.05, 0) is 48.9 Å². The first-order valence-electron chi connectivity index (χ1n) is 15.0. The number of hydrogen-bond acceptors (Lipinski definition) is 10. The van der Waals surface area contributed by atoms with Crippen molar-refractivity contribution in [2.45, 2.75) is 19.5 Å². The Labute approximate surface area is 285 Å². The number of carbonyl (C=O) groups excluding carboxylic acids is 1. The molecule has 4 heterocycles. The third-order valence-corrected chi connectivity index (χ3v) is 8.25. The van der Waals surface area contributed by atoms with Crippen LogP contribution in [-0.2, 0) is 16.0 Å². The van der Waals surface area contributed by atoms with E-state index in [1.807, 2.05) is 31.2 Å². The predicted octanol–water partition coefficient (Wildman–Crippen LogP) is 6.97. The number of amides is 1. The molecule has 1 fully saturated rings. The van der Waals surface area contributed by atoms with Crippen LogP contribution in [0, 0.1) is 11.6 Å². The molecule has 5 aromatic rings. The first-order chi connectivity index (χ1) is 23.9. The number of pyridine rings is 1. The number of nitrogens with zero attached hydrogens (tertiary/aromatic N) is 5. The highest BCUT2D eigenvalue weighted by atomic mass is 32.1. The highest BCUT2D eigenvalue weighted by Gasteiger charge is 2.38. The lowest BCUT2D eigenvalue weighted by Crippen LogP contribution is -2.36. The van der Waals surface area contributed by atoms with Crippen molar-refractivity contribution < 1.29 is 41.4 Å². The molecule has 6 rings (SSSR count). The second-order valence-corrected chi connectivity index (χ2v) is 11.6. The van der Waals surface area contributed by atoms with E-state index in [0.29, 0.717) is 41.8 Å². The molecule has 0 spiro atoms. The van der Waals surface area contributed by atoms with E-state index in [9.17, 15) is 26.7 Å². The number of aliphatic carboxylic acids is 1. The summed E-state index contributed by atoms with van der Waals surface area (Å²) >= 11 is 1.52. The summed E-state index contributed by atoms with van der Waals surface area (Å²) in [6.45, 7) is 5.01. The Kier molecular flexibility index (Phi) is 11.3. The zero-order valence-corrected chi connectivity index (χ0v) is 27.0. The second-order valence-electron chi connectivity index (χ2n) is 10.5. The van der Waals surface area contributed by atoms with Gasteiger partial charge in [0.1, 0.15) is 23.0 Å². The zero-order valence-electron chi connectivity index (χ0n) is 26.2. The van der Waals surface area contributed by atoms with Crippen molar-refractivity contribution in [3.63, 3.8) is 0 Å². The van der Waals surface area contributed by atoms with E-state index in [1.165, 1.54) is 17.4 Å². The van der Waals surface area contributed by atoms with Gasteiger partial charge in [0.25, 0.3) is 5.91 Å². The number of ether oxygens (including phenoxy) is 1. The van der Waals surface area contributed by atoms with Gasteiger partial charge in [-0.1, -0.05) is 25.1 Å². The van der Waals surface area contributed by atoms with Crippen LogP contribution in [0.4, 0.5) is 45.1 Å². The quantitative estimate of drug-likeness (QED) is 0.144. The molecular formula is C33H28F5N7O4S. The summed E-state index contributed by atoms with van der Waals surface area (Å²) < 4.78 is 65.5. The van der Waals surface area contributed by atoms with Gasteiger partial charge < -0.3 is 25.4 Å². The van der Waals surface area contributed by atoms with E-state index in [1.54, 1.807) is 30.6 Å². The first-order valence-corrected chi connectivity index (χ1v) is 15.8. The number of aromatic nitrogens is 4. The Morgan fingerprint density at radius 3 is 2.30 bits per heavy atom. The predicted molar refractivity (Wildman–Crippen MR) is 177 cm³/mol. The Bertz CT molecular complexity index is 1950. The lowest BCUT2D eigenvalue weighted by molar-refractivity contribution is -0.192. The van der Waals surface area contributed by atoms with Crippen molar-refractivity contribution in [2.24, 2.45) is 0 Å². The Morgan fingerprint density at radius 1 is 0.960 bits per heavy atom. The number of aryl methyl sites for hydroxylation is 1. The van der Waals surface area contributed by atoms with Gasteiger partial charge in [0, 0.05) is 30.5 Å². The van der Waals surface area contributed by atoms with E-state index in [0.717, 1.165) is 53.0 Å². The fourth-order valence-corrected chi connectivity index (χ4v) is 5.65. The average molecular weight is 714 g/mol. The number of carboxylic acids is 1. The summed E-state index contributed by atoms with van der Waals surface area (Å²) in [5.74, 6) is -4.20. The maximum atomic E-state index is 14.2. The van der Waals surface area contributed by atoms with E-state index >= 15 is 0 Å². The summed E-state index contributed by atoms with van der Waals surface area (Å²) in [7, 11) is 0. The maximum absolute atomic E-state index is 14.2. The number of alkyl halides is 3. The topological polar surface area (TPSA) is 142 Å². The molecule has 0 bridgehead atoms. The van der Waals surface area contributed by atoms with Crippen LogP contribution >= 0.6 is 11.3 Å². The number of anilines is 4. The summed E-state index contributed by atoms with van der Waals surface area (Å²) in [6, 6.07) is 16.0. The molecular weight excluding hydrogens is 685 g/mol. The fourth-order valence-electron chi connectivity index (χ4n) is 4.65. The van der Waals surface area contributed by atoms with E-state index in [4.69, 9.17) is 24.6 Å². The van der Waals surface area contributed by atoms with Gasteiger partial charge >= 0.3 is 12.1 Å². The van der Waals surface area contributed by atoms with Gasteiger partial charge in [-0.25, -0.2) is 33.5 Å². The molecule has 3 aromatic heterocycles. The van der Waals surface area contributed by atoms with Crippen molar-refractivity contribution in [3.8, 4) is 21.8 Å². The smallest absolute Gasteiger partial charge is 0.475 e. The van der Waals surface area contributed by atoms with Crippen molar-refractivity contribution >= 4 is 46.4 Å². The molecule has 2 aromatic carbocycles. The van der Waals surface area contributed by atoms with Gasteiger partial charge in [-0.2, -0.15) is 13.2 Å². The molecule has 1 aliphatic rings. The number of halogens is 5. The van der Waals surface area contributed by atoms with Crippen molar-refractivity contribution in [3.05, 3.63) is 95.3 Å². The normalized spacial score (nSPS) is 12.9. The van der Waals surface area contributed by atoms with Crippen molar-refractivity contribution in [1.82, 2.24) is 19.9 Å². The molecule has 50 heavy (non-hydrogen) atoms. The molecule has 0 saturated carbocycles. The molecule has 0 aliphatic carbocycles. The molecule has 11 nitrogen and oxygen atoms in total. The third kappa shape index (κ3) is 8.91. The lowest BCUT2D eigenvalue weighted by atomic mass is 10.1. The molecule has 17 heteroatoms. The van der Waals surface area contributed by atoms with Gasteiger partial charge in [-0.3, -0.25) is 4.79 Å². The van der Waals surface area contributed by atoms with Crippen LogP contribution in [-0.4, -0.2) is 69.4 Å². The molecule has 1 saturated heterocycles. The van der Waals surface area contributed by atoms with Crippen molar-refractivity contribution in [1.29, 1.82) is 0 Å². The number of hydrogen-bond donors (Lipinski definition) is 3. The summed E-state index contributed by atoms with van der Waals surface area (Å²) in [5, 5.41) is 13.9. The van der Waals surface area contributed by atoms with Crippen molar-refractivity contribution in [2.75, 3.05) is 41.8 Å². The number of thiazole rings is 1. The highest BCUT2D eigenvalue weighted by Crippen LogP contribution is 2.37. The molecule has 0 unspecified atom stereocenters. The molecule has 0 radical (unpaired) electrons. The molecule has 0 atom stereocenters. The Morgan fingerprint density at radius 2 is 1.66 bits per heavy atom. The monoisotopic (exact) mass is 713 g/mol. The van der Waals surface area contributed by atoms with Crippen LogP contribution in [0.25, 0.3) is 21.8 Å². The molecule has 3 N–H and O–H groups in total. The van der Waals surface area contributed by atoms with E-state index in [2.05, 4.69) is 25.5 Å². The van der Waals surface area contributed by atoms with Gasteiger partial charge in [0.2, 0.25) is 5.95 Å². The van der Waals surface area contributed by atoms with Gasteiger partial charge in [-0.15, -0.1) is 11.3 Å². The van der Waals surface area contributed by atoms with Crippen LogP contribution in [0.1, 0.15) is 22.3 Å². The fraction of sp³-hybridized carbons (Fsp3) is 0.212. The number of morpholine rings is 1. The molecule has 260 valence electrons. The highest BCUT2D eigenvalue weighted by molar-refractivity contribution is 7.15. The number of benzene rings is 2. The van der Waals surface area contributed by atoms with E-state index < -0.39 is 35.3 Å². The summed E-state index contributed by atoms with van der Waals surface area (Å²) in [6.07, 6.45) is -0.936. The second kappa shape index (κ2) is 15.8. The minimum Gasteiger partial charge on any atom is -0.475 e. The van der Waals surface area contributed by atoms with Crippen LogP contribution < -0.4 is 15.5 Å². The average Bonchev–Trinajstić information content (AvgIpc) is 3.54. The maximum Gasteiger partial charge on any atom is 0.490 e. The number of carboxylic acid groups (broad SMARTS) is 1. The van der Waals surface area contributed by atoms with Crippen LogP contribution in [0.15, 0.2) is 73.1 Å². The Balaban J connectivity index is 0.000000630. The molecule has 1 aliphatic heterocycles. The van der Waals surface area contributed by atoms with Gasteiger partial charge in [0.15, 0.2) is 0 Å². The molecule has 1 amide bonds. The largest absolute Gasteiger partial charge is 0.490 e. The standard InChI is InChI=1S/C31H27F2N7O2S.C2HF3O2/c1-2-26-39-28(19-5-3-6-20(17-19)36-30(41)27-22(32)7-4-8-23(27)33)29(43-26)24-11-12-34-31(38-24)37-21-9-10-25(35-18-21)40-13-15-42-16-14-40;3-2(4,5)1(6)7/h3-12,17-18H,2,13-16H2,1H3,(H,36,41)(H,34,37,38);(H,6,7). The minimum atomic E-state index is -5.08. The zero-order chi connectivity index (χ0) is 35.8. The van der Waals surface area contributed by atoms with E-state index in [-0.39, 0.29) is 0 Å². The summed E-state index contributed by atoms with van der Waals surface area (Å²) in [4.78, 5) is 43.1. The first kappa shape index (κ1) is 35.7. The summed E-state index contributed by atoms with van der Waals surface area (Å²) in [5.41, 5.74) is 2.56. The number of carbonyl (C=O) groups is 2. The Hall–Kier alpha value is -5.55. The van der Waals surface area contributed by atoms with Gasteiger partial charge in [0.05, 0.1) is 46.4 Å². The minimum absolute atomic E-state index is 0.375. The van der Waals surface area contributed by atoms with Crippen LogP contribution in [0.2, 0.25) is 0 Å². The number of nitrogens with one attached hydrogen (secondary N) is 2. The lowest BCUT2D eigenvalue weighted by Gasteiger charge is -2.27. The van der Waals surface area contributed by atoms with Crippen LogP contribution in [0.3, 0.4) is 0 Å². The van der Waals surface area contributed by atoms with Crippen LogP contribution in [0.5, 0.6) is 0 Å². The third-order valence-electron chi connectivity index (χ3n) is 7.03. The number of rotatable bonds is 8. The SMILES string of the molecule is CCc1nc(-c2cccc(NC(=O)c3c(F)cccc3F)c2)c(-c2ccnc(Nc3ccc(N4CCOCC4)nc3)n2)s1.O=C(O)C(F)(F)F.